The monoisotopic (exact) mass is 253 g/mol. The van der Waals surface area contributed by atoms with Gasteiger partial charge in [-0.1, -0.05) is 0 Å². The Labute approximate surface area is 98.9 Å². The summed E-state index contributed by atoms with van der Waals surface area (Å²) in [5, 5.41) is 1.19. The molecule has 0 amide bonds. The molecule has 3 nitrogen and oxygen atoms in total. The van der Waals surface area contributed by atoms with E-state index < -0.39 is 23.2 Å². The predicted octanol–water partition coefficient (Wildman–Crippen LogP) is 3.05. The second kappa shape index (κ2) is 4.15. The maximum atomic E-state index is 12.2. The first-order valence-corrected chi connectivity index (χ1v) is 5.56. The molecule has 100 valence electrons. The molecule has 1 heterocycles. The number of hydroxylamine groups is 2. The van der Waals surface area contributed by atoms with Gasteiger partial charge in [-0.3, -0.25) is 0 Å². The molecule has 0 aromatic rings. The normalized spacial score (nSPS) is 24.4. The zero-order chi connectivity index (χ0) is 13.5. The van der Waals surface area contributed by atoms with Gasteiger partial charge in [-0.25, -0.2) is 4.79 Å². The fourth-order valence-electron chi connectivity index (χ4n) is 2.36. The molecule has 1 aliphatic rings. The molecule has 0 aromatic heterocycles. The highest BCUT2D eigenvalue weighted by Gasteiger charge is 2.49. The van der Waals surface area contributed by atoms with Crippen LogP contribution in [0.3, 0.4) is 0 Å². The molecule has 1 fully saturated rings. The van der Waals surface area contributed by atoms with Gasteiger partial charge in [0.1, 0.15) is 0 Å². The minimum atomic E-state index is -4.95. The molecule has 1 aliphatic heterocycles. The van der Waals surface area contributed by atoms with Crippen molar-refractivity contribution < 1.29 is 22.8 Å². The minimum Gasteiger partial charge on any atom is -0.360 e. The fourth-order valence-corrected chi connectivity index (χ4v) is 2.36. The first-order valence-electron chi connectivity index (χ1n) is 5.56. The average Bonchev–Trinajstić information content (AvgIpc) is 2.08. The van der Waals surface area contributed by atoms with Crippen LogP contribution in [0.15, 0.2) is 0 Å². The van der Waals surface area contributed by atoms with Crippen molar-refractivity contribution in [2.24, 2.45) is 0 Å². The van der Waals surface area contributed by atoms with Gasteiger partial charge in [0.2, 0.25) is 0 Å². The maximum Gasteiger partial charge on any atom is 0.492 e. The Morgan fingerprint density at radius 3 is 1.88 bits per heavy atom. The van der Waals surface area contributed by atoms with Crippen LogP contribution in [-0.4, -0.2) is 28.3 Å². The molecule has 0 aliphatic carbocycles. The summed E-state index contributed by atoms with van der Waals surface area (Å²) in [5.41, 5.74) is -1.16. The predicted molar refractivity (Wildman–Crippen MR) is 56.0 cm³/mol. The summed E-state index contributed by atoms with van der Waals surface area (Å²) < 4.78 is 36.6. The lowest BCUT2D eigenvalue weighted by molar-refractivity contribution is -0.290. The number of alkyl halides is 3. The van der Waals surface area contributed by atoms with Gasteiger partial charge < -0.3 is 4.84 Å². The standard InChI is InChI=1S/C11H18F3NO2/c1-9(2)6-5-7-10(3,4)15(9)17-8(16)11(12,13)14/h5-7H2,1-4H3. The quantitative estimate of drug-likeness (QED) is 0.719. The molecular weight excluding hydrogens is 235 g/mol. The number of rotatable bonds is 1. The van der Waals surface area contributed by atoms with Crippen molar-refractivity contribution in [2.75, 3.05) is 0 Å². The van der Waals surface area contributed by atoms with Crippen molar-refractivity contribution in [1.82, 2.24) is 5.06 Å². The lowest BCUT2D eigenvalue weighted by atomic mass is 9.82. The Bertz CT molecular complexity index is 294. The molecule has 0 unspecified atom stereocenters. The number of hydrogen-bond donors (Lipinski definition) is 0. The molecule has 0 bridgehead atoms. The SMILES string of the molecule is CC1(C)CCCC(C)(C)N1OC(=O)C(F)(F)F. The Morgan fingerprint density at radius 1 is 1.12 bits per heavy atom. The van der Waals surface area contributed by atoms with Crippen molar-refractivity contribution in [2.45, 2.75) is 64.2 Å². The van der Waals surface area contributed by atoms with Crippen molar-refractivity contribution in [3.63, 3.8) is 0 Å². The summed E-state index contributed by atoms with van der Waals surface area (Å²) in [6, 6.07) is 0. The summed E-state index contributed by atoms with van der Waals surface area (Å²) in [5.74, 6) is -2.15. The van der Waals surface area contributed by atoms with Crippen molar-refractivity contribution in [1.29, 1.82) is 0 Å². The van der Waals surface area contributed by atoms with Crippen LogP contribution in [0.25, 0.3) is 0 Å². The second-order valence-corrected chi connectivity index (χ2v) is 5.65. The third-order valence-corrected chi connectivity index (χ3v) is 3.08. The average molecular weight is 253 g/mol. The van der Waals surface area contributed by atoms with Crippen molar-refractivity contribution >= 4 is 5.97 Å². The molecule has 17 heavy (non-hydrogen) atoms. The third kappa shape index (κ3) is 3.12. The summed E-state index contributed by atoms with van der Waals surface area (Å²) in [6.07, 6.45) is -2.66. The van der Waals surface area contributed by atoms with Gasteiger partial charge in [0.25, 0.3) is 0 Å². The van der Waals surface area contributed by atoms with Gasteiger partial charge >= 0.3 is 12.1 Å². The van der Waals surface area contributed by atoms with E-state index in [1.165, 1.54) is 5.06 Å². The number of hydrogen-bond acceptors (Lipinski definition) is 3. The third-order valence-electron chi connectivity index (χ3n) is 3.08. The fraction of sp³-hybridized carbons (Fsp3) is 0.909. The van der Waals surface area contributed by atoms with Gasteiger partial charge in [-0.2, -0.15) is 13.2 Å². The van der Waals surface area contributed by atoms with Crippen LogP contribution >= 0.6 is 0 Å². The first kappa shape index (κ1) is 14.3. The first-order chi connectivity index (χ1) is 7.47. The van der Waals surface area contributed by atoms with Crippen LogP contribution in [0.4, 0.5) is 13.2 Å². The van der Waals surface area contributed by atoms with Gasteiger partial charge in [0.15, 0.2) is 0 Å². The van der Waals surface area contributed by atoms with Crippen LogP contribution in [0.5, 0.6) is 0 Å². The minimum absolute atomic E-state index is 0.581. The van der Waals surface area contributed by atoms with Crippen LogP contribution in [-0.2, 0) is 9.63 Å². The van der Waals surface area contributed by atoms with Crippen LogP contribution < -0.4 is 0 Å². The van der Waals surface area contributed by atoms with E-state index in [1.54, 1.807) is 27.7 Å². The second-order valence-electron chi connectivity index (χ2n) is 5.65. The van der Waals surface area contributed by atoms with Gasteiger partial charge in [-0.15, -0.1) is 5.06 Å². The van der Waals surface area contributed by atoms with Gasteiger partial charge in [0.05, 0.1) is 11.1 Å². The van der Waals surface area contributed by atoms with E-state index in [4.69, 9.17) is 0 Å². The molecular formula is C11H18F3NO2. The van der Waals surface area contributed by atoms with E-state index in [0.717, 1.165) is 6.42 Å². The molecule has 0 saturated carbocycles. The van der Waals surface area contributed by atoms with E-state index in [-0.39, 0.29) is 0 Å². The van der Waals surface area contributed by atoms with Crippen molar-refractivity contribution in [3.8, 4) is 0 Å². The summed E-state index contributed by atoms with van der Waals surface area (Å²) in [7, 11) is 0. The lowest BCUT2D eigenvalue weighted by Gasteiger charge is -2.50. The highest BCUT2D eigenvalue weighted by atomic mass is 19.4. The highest BCUT2D eigenvalue weighted by Crippen LogP contribution is 2.39. The number of piperidine rings is 1. The van der Waals surface area contributed by atoms with Crippen LogP contribution in [0.1, 0.15) is 47.0 Å². The topological polar surface area (TPSA) is 29.5 Å². The smallest absolute Gasteiger partial charge is 0.360 e. The molecule has 6 heteroatoms. The van der Waals surface area contributed by atoms with Gasteiger partial charge in [-0.05, 0) is 47.0 Å². The summed E-state index contributed by atoms with van der Waals surface area (Å²) >= 11 is 0. The lowest BCUT2D eigenvalue weighted by Crippen LogP contribution is -2.59. The molecule has 0 N–H and O–H groups in total. The van der Waals surface area contributed by atoms with E-state index in [9.17, 15) is 18.0 Å². The number of carbonyl (C=O) groups is 1. The molecule has 0 radical (unpaired) electrons. The highest BCUT2D eigenvalue weighted by molar-refractivity contribution is 5.75. The van der Waals surface area contributed by atoms with Crippen molar-refractivity contribution in [3.05, 3.63) is 0 Å². The number of carbonyl (C=O) groups excluding carboxylic acids is 1. The molecule has 0 spiro atoms. The van der Waals surface area contributed by atoms with Gasteiger partial charge in [0, 0.05) is 0 Å². The maximum absolute atomic E-state index is 12.2. The summed E-state index contributed by atoms with van der Waals surface area (Å²) in [6.45, 7) is 7.10. The zero-order valence-electron chi connectivity index (χ0n) is 10.5. The number of halogens is 3. The Morgan fingerprint density at radius 2 is 1.53 bits per heavy atom. The summed E-state index contributed by atoms with van der Waals surface area (Å²) in [4.78, 5) is 15.5. The van der Waals surface area contributed by atoms with Crippen LogP contribution in [0, 0.1) is 0 Å². The molecule has 1 rings (SSSR count). The Balaban J connectivity index is 2.88. The zero-order valence-corrected chi connectivity index (χ0v) is 10.5. The Kier molecular flexibility index (Phi) is 3.49. The number of nitrogens with zero attached hydrogens (tertiary/aromatic N) is 1. The van der Waals surface area contributed by atoms with E-state index in [1.807, 2.05) is 0 Å². The molecule has 0 atom stereocenters. The van der Waals surface area contributed by atoms with E-state index in [0.29, 0.717) is 12.8 Å². The largest absolute Gasteiger partial charge is 0.492 e. The van der Waals surface area contributed by atoms with E-state index >= 15 is 0 Å². The van der Waals surface area contributed by atoms with Crippen LogP contribution in [0.2, 0.25) is 0 Å². The molecule has 0 aromatic carbocycles. The Hall–Kier alpha value is -0.780. The molecule has 1 saturated heterocycles. The van der Waals surface area contributed by atoms with E-state index in [2.05, 4.69) is 4.84 Å².